The molecule has 3 nitrogen and oxygen atoms in total. The van der Waals surface area contributed by atoms with Gasteiger partial charge in [-0.2, -0.15) is 0 Å². The summed E-state index contributed by atoms with van der Waals surface area (Å²) in [6, 6.07) is 0.165. The number of aliphatic carboxylic acids is 1. The van der Waals surface area contributed by atoms with Crippen LogP contribution in [0.2, 0.25) is 0 Å². The van der Waals surface area contributed by atoms with E-state index in [-0.39, 0.29) is 18.9 Å². The quantitative estimate of drug-likeness (QED) is 0.697. The van der Waals surface area contributed by atoms with Crippen LogP contribution in [0.5, 0.6) is 0 Å². The summed E-state index contributed by atoms with van der Waals surface area (Å²) in [6.07, 6.45) is 3.57. The minimum atomic E-state index is -1.96. The Morgan fingerprint density at radius 3 is 2.93 bits per heavy atom. The van der Waals surface area contributed by atoms with E-state index < -0.39 is 11.6 Å². The highest BCUT2D eigenvalue weighted by Gasteiger charge is 2.46. The molecule has 2 fully saturated rings. The van der Waals surface area contributed by atoms with Crippen LogP contribution in [0.25, 0.3) is 0 Å². The fourth-order valence-electron chi connectivity index (χ4n) is 2.58. The van der Waals surface area contributed by atoms with E-state index in [1.54, 1.807) is 0 Å². The normalized spacial score (nSPS) is 39.1. The number of halogens is 1. The van der Waals surface area contributed by atoms with Crippen LogP contribution in [0.15, 0.2) is 0 Å². The number of fused-ring (bicyclic) bond motifs is 1. The van der Waals surface area contributed by atoms with Crippen molar-refractivity contribution in [3.63, 3.8) is 0 Å². The first-order valence-corrected chi connectivity index (χ1v) is 5.28. The number of carboxylic acid groups (broad SMARTS) is 1. The Morgan fingerprint density at radius 1 is 1.43 bits per heavy atom. The lowest BCUT2D eigenvalue weighted by Crippen LogP contribution is -2.53. The molecule has 0 aromatic rings. The monoisotopic (exact) mass is 201 g/mol. The van der Waals surface area contributed by atoms with Gasteiger partial charge in [0.05, 0.1) is 0 Å². The molecule has 2 heterocycles. The standard InChI is InChI=1S/C10H16FNO2/c11-10(9(13)14)4-6-12-5-2-1-3-8(12)7-10/h8H,1-7H2,(H,13,14). The van der Waals surface area contributed by atoms with Crippen molar-refractivity contribution < 1.29 is 14.3 Å². The summed E-state index contributed by atoms with van der Waals surface area (Å²) in [5.41, 5.74) is -1.96. The second-order valence-corrected chi connectivity index (χ2v) is 4.41. The third-order valence-electron chi connectivity index (χ3n) is 3.49. The van der Waals surface area contributed by atoms with Gasteiger partial charge in [0.15, 0.2) is 0 Å². The number of hydrogen-bond acceptors (Lipinski definition) is 2. The fourth-order valence-corrected chi connectivity index (χ4v) is 2.58. The number of alkyl halides is 1. The number of rotatable bonds is 1. The molecule has 2 saturated heterocycles. The van der Waals surface area contributed by atoms with Crippen molar-refractivity contribution in [1.29, 1.82) is 0 Å². The van der Waals surface area contributed by atoms with Gasteiger partial charge < -0.3 is 10.0 Å². The van der Waals surface area contributed by atoms with Crippen molar-refractivity contribution in [2.45, 2.75) is 43.8 Å². The Morgan fingerprint density at radius 2 is 2.21 bits per heavy atom. The lowest BCUT2D eigenvalue weighted by atomic mass is 9.84. The summed E-state index contributed by atoms with van der Waals surface area (Å²) in [6.45, 7) is 1.62. The molecule has 0 aromatic carbocycles. The Kier molecular flexibility index (Phi) is 2.47. The Hall–Kier alpha value is -0.640. The number of hydrogen-bond donors (Lipinski definition) is 1. The van der Waals surface area contributed by atoms with E-state index in [0.717, 1.165) is 19.4 Å². The van der Waals surface area contributed by atoms with Crippen LogP contribution in [0.3, 0.4) is 0 Å². The topological polar surface area (TPSA) is 40.5 Å². The van der Waals surface area contributed by atoms with Crippen LogP contribution >= 0.6 is 0 Å². The minimum Gasteiger partial charge on any atom is -0.479 e. The average Bonchev–Trinajstić information content (AvgIpc) is 2.17. The zero-order valence-corrected chi connectivity index (χ0v) is 8.21. The van der Waals surface area contributed by atoms with E-state index in [1.165, 1.54) is 6.42 Å². The molecule has 2 atom stereocenters. The van der Waals surface area contributed by atoms with Crippen molar-refractivity contribution >= 4 is 5.97 Å². The van der Waals surface area contributed by atoms with E-state index >= 15 is 0 Å². The van der Waals surface area contributed by atoms with Gasteiger partial charge in [0.25, 0.3) is 0 Å². The molecule has 1 N–H and O–H groups in total. The van der Waals surface area contributed by atoms with Crippen LogP contribution in [-0.2, 0) is 4.79 Å². The van der Waals surface area contributed by atoms with Crippen molar-refractivity contribution in [2.75, 3.05) is 13.1 Å². The highest BCUT2D eigenvalue weighted by atomic mass is 19.1. The molecule has 0 saturated carbocycles. The van der Waals surface area contributed by atoms with Gasteiger partial charge in [0, 0.05) is 25.4 Å². The predicted molar refractivity (Wildman–Crippen MR) is 49.9 cm³/mol. The van der Waals surface area contributed by atoms with Crippen molar-refractivity contribution in [3.8, 4) is 0 Å². The zero-order valence-electron chi connectivity index (χ0n) is 8.21. The molecule has 14 heavy (non-hydrogen) atoms. The third kappa shape index (κ3) is 1.63. The molecule has 0 aromatic heterocycles. The highest BCUT2D eigenvalue weighted by Crippen LogP contribution is 2.34. The number of carbonyl (C=O) groups is 1. The molecule has 0 radical (unpaired) electrons. The molecule has 4 heteroatoms. The van der Waals surface area contributed by atoms with Gasteiger partial charge in [-0.05, 0) is 19.4 Å². The van der Waals surface area contributed by atoms with Gasteiger partial charge in [-0.15, -0.1) is 0 Å². The van der Waals surface area contributed by atoms with Crippen LogP contribution in [-0.4, -0.2) is 40.8 Å². The maximum atomic E-state index is 13.8. The molecule has 0 bridgehead atoms. The van der Waals surface area contributed by atoms with Gasteiger partial charge in [-0.25, -0.2) is 9.18 Å². The van der Waals surface area contributed by atoms with Gasteiger partial charge in [-0.3, -0.25) is 0 Å². The van der Waals surface area contributed by atoms with Gasteiger partial charge in [-0.1, -0.05) is 6.42 Å². The first-order valence-electron chi connectivity index (χ1n) is 5.28. The van der Waals surface area contributed by atoms with E-state index in [1.807, 2.05) is 0 Å². The summed E-state index contributed by atoms with van der Waals surface area (Å²) in [4.78, 5) is 13.0. The molecular formula is C10H16FNO2. The predicted octanol–water partition coefficient (Wildman–Crippen LogP) is 1.43. The van der Waals surface area contributed by atoms with Gasteiger partial charge in [0.2, 0.25) is 5.67 Å². The molecule has 0 amide bonds. The zero-order chi connectivity index (χ0) is 10.2. The summed E-state index contributed by atoms with van der Waals surface area (Å²) in [5, 5.41) is 8.79. The molecular weight excluding hydrogens is 185 g/mol. The third-order valence-corrected chi connectivity index (χ3v) is 3.49. The summed E-state index contributed by atoms with van der Waals surface area (Å²) in [7, 11) is 0. The average molecular weight is 201 g/mol. The van der Waals surface area contributed by atoms with E-state index in [9.17, 15) is 9.18 Å². The number of piperidine rings is 2. The van der Waals surface area contributed by atoms with Gasteiger partial charge in [0.1, 0.15) is 0 Å². The minimum absolute atomic E-state index is 0.152. The molecule has 2 rings (SSSR count). The Balaban J connectivity index is 2.05. The van der Waals surface area contributed by atoms with Crippen molar-refractivity contribution in [1.82, 2.24) is 4.90 Å². The lowest BCUT2D eigenvalue weighted by molar-refractivity contribution is -0.156. The summed E-state index contributed by atoms with van der Waals surface area (Å²) >= 11 is 0. The van der Waals surface area contributed by atoms with Gasteiger partial charge >= 0.3 is 5.97 Å². The maximum Gasteiger partial charge on any atom is 0.341 e. The summed E-state index contributed by atoms with van der Waals surface area (Å²) in [5.74, 6) is -1.28. The van der Waals surface area contributed by atoms with Crippen molar-refractivity contribution in [2.24, 2.45) is 0 Å². The Labute approximate surface area is 82.9 Å². The van der Waals surface area contributed by atoms with Crippen LogP contribution in [0, 0.1) is 0 Å². The van der Waals surface area contributed by atoms with E-state index in [2.05, 4.69) is 4.90 Å². The molecule has 80 valence electrons. The van der Waals surface area contributed by atoms with Crippen LogP contribution in [0.4, 0.5) is 4.39 Å². The molecule has 0 aliphatic carbocycles. The largest absolute Gasteiger partial charge is 0.479 e. The second kappa shape index (κ2) is 3.50. The smallest absolute Gasteiger partial charge is 0.341 e. The lowest BCUT2D eigenvalue weighted by Gasteiger charge is -2.43. The molecule has 0 spiro atoms. The highest BCUT2D eigenvalue weighted by molar-refractivity contribution is 5.77. The maximum absolute atomic E-state index is 13.8. The van der Waals surface area contributed by atoms with Crippen LogP contribution < -0.4 is 0 Å². The second-order valence-electron chi connectivity index (χ2n) is 4.41. The molecule has 2 unspecified atom stereocenters. The number of carboxylic acids is 1. The number of nitrogens with zero attached hydrogens (tertiary/aromatic N) is 1. The van der Waals surface area contributed by atoms with E-state index in [4.69, 9.17) is 5.11 Å². The SMILES string of the molecule is O=C(O)C1(F)CCN2CCCCC2C1. The van der Waals surface area contributed by atoms with Crippen LogP contribution in [0.1, 0.15) is 32.1 Å². The van der Waals surface area contributed by atoms with E-state index in [0.29, 0.717) is 6.54 Å². The Bertz CT molecular complexity index is 246. The first-order chi connectivity index (χ1) is 6.62. The first kappa shape index (κ1) is 9.90. The van der Waals surface area contributed by atoms with Crippen molar-refractivity contribution in [3.05, 3.63) is 0 Å². The fraction of sp³-hybridized carbons (Fsp3) is 0.900. The molecule has 2 aliphatic rings. The molecule has 2 aliphatic heterocycles. The summed E-state index contributed by atoms with van der Waals surface area (Å²) < 4.78 is 13.8.